The lowest BCUT2D eigenvalue weighted by atomic mass is 9.80. The first-order valence-corrected chi connectivity index (χ1v) is 9.44. The smallest absolute Gasteiger partial charge is 0.181 e. The first-order chi connectivity index (χ1) is 12.7. The molecular formula is C20H22ClN5. The Balaban J connectivity index is 1.77. The van der Waals surface area contributed by atoms with Crippen molar-refractivity contribution in [3.8, 4) is 5.69 Å². The van der Waals surface area contributed by atoms with Crippen molar-refractivity contribution in [2.75, 3.05) is 5.32 Å². The highest BCUT2D eigenvalue weighted by Crippen LogP contribution is 2.39. The molecule has 0 saturated heterocycles. The molecule has 0 atom stereocenters. The van der Waals surface area contributed by atoms with Gasteiger partial charge in [0.15, 0.2) is 5.82 Å². The van der Waals surface area contributed by atoms with Crippen LogP contribution in [0.2, 0.25) is 5.02 Å². The van der Waals surface area contributed by atoms with Gasteiger partial charge in [-0.3, -0.25) is 0 Å². The van der Waals surface area contributed by atoms with E-state index in [9.17, 15) is 0 Å². The minimum Gasteiger partial charge on any atom is -0.373 e. The van der Waals surface area contributed by atoms with Crippen LogP contribution in [-0.2, 0) is 5.54 Å². The largest absolute Gasteiger partial charge is 0.373 e. The van der Waals surface area contributed by atoms with Gasteiger partial charge in [0, 0.05) is 10.7 Å². The second-order valence-corrected chi connectivity index (χ2v) is 7.39. The van der Waals surface area contributed by atoms with Gasteiger partial charge in [-0.05, 0) is 60.0 Å². The molecule has 4 rings (SSSR count). The van der Waals surface area contributed by atoms with Crippen LogP contribution in [0.4, 0.5) is 5.69 Å². The maximum atomic E-state index is 6.34. The Bertz CT molecular complexity index is 884. The topological polar surface area (TPSA) is 55.6 Å². The van der Waals surface area contributed by atoms with Crippen LogP contribution < -0.4 is 5.32 Å². The van der Waals surface area contributed by atoms with Gasteiger partial charge in [-0.2, -0.15) is 4.68 Å². The summed E-state index contributed by atoms with van der Waals surface area (Å²) in [6.45, 7) is 1.99. The molecule has 5 nitrogen and oxygen atoms in total. The molecule has 0 bridgehead atoms. The molecular weight excluding hydrogens is 346 g/mol. The molecule has 1 fully saturated rings. The van der Waals surface area contributed by atoms with E-state index < -0.39 is 0 Å². The molecule has 1 saturated carbocycles. The summed E-state index contributed by atoms with van der Waals surface area (Å²) >= 11 is 6.34. The third-order valence-corrected chi connectivity index (χ3v) is 5.57. The Morgan fingerprint density at radius 3 is 2.54 bits per heavy atom. The van der Waals surface area contributed by atoms with E-state index in [2.05, 4.69) is 33.0 Å². The van der Waals surface area contributed by atoms with E-state index in [1.54, 1.807) is 0 Å². The molecule has 1 aliphatic carbocycles. The number of hydrogen-bond donors (Lipinski definition) is 1. The molecule has 1 aromatic heterocycles. The number of hydrogen-bond acceptors (Lipinski definition) is 4. The fraction of sp³-hybridized carbons (Fsp3) is 0.350. The summed E-state index contributed by atoms with van der Waals surface area (Å²) in [6.07, 6.45) is 5.56. The van der Waals surface area contributed by atoms with E-state index in [1.807, 2.05) is 48.0 Å². The van der Waals surface area contributed by atoms with Crippen LogP contribution in [0.3, 0.4) is 0 Å². The van der Waals surface area contributed by atoms with Gasteiger partial charge in [-0.1, -0.05) is 55.1 Å². The predicted octanol–water partition coefficient (Wildman–Crippen LogP) is 4.90. The van der Waals surface area contributed by atoms with Crippen LogP contribution in [0.15, 0.2) is 48.5 Å². The number of halogens is 1. The number of anilines is 1. The Morgan fingerprint density at radius 2 is 1.81 bits per heavy atom. The van der Waals surface area contributed by atoms with Gasteiger partial charge >= 0.3 is 0 Å². The van der Waals surface area contributed by atoms with Gasteiger partial charge in [0.05, 0.1) is 11.2 Å². The van der Waals surface area contributed by atoms with Crippen molar-refractivity contribution in [1.82, 2.24) is 20.2 Å². The van der Waals surface area contributed by atoms with Crippen LogP contribution in [-0.4, -0.2) is 20.2 Å². The SMILES string of the molecule is Cc1ccc(-n2nnnc2C2(Nc3ccccc3)CCCCC2)cc1Cl. The highest BCUT2D eigenvalue weighted by Gasteiger charge is 2.39. The minimum atomic E-state index is -0.277. The number of aromatic nitrogens is 4. The summed E-state index contributed by atoms with van der Waals surface area (Å²) < 4.78 is 1.83. The summed E-state index contributed by atoms with van der Waals surface area (Å²) in [4.78, 5) is 0. The summed E-state index contributed by atoms with van der Waals surface area (Å²) in [5.74, 6) is 0.848. The lowest BCUT2D eigenvalue weighted by Crippen LogP contribution is -2.40. The van der Waals surface area contributed by atoms with Crippen molar-refractivity contribution in [3.05, 3.63) is 64.9 Å². The van der Waals surface area contributed by atoms with E-state index in [4.69, 9.17) is 11.6 Å². The maximum Gasteiger partial charge on any atom is 0.181 e. The van der Waals surface area contributed by atoms with Crippen molar-refractivity contribution < 1.29 is 0 Å². The van der Waals surface area contributed by atoms with E-state index >= 15 is 0 Å². The van der Waals surface area contributed by atoms with Crippen molar-refractivity contribution in [2.45, 2.75) is 44.6 Å². The number of benzene rings is 2. The van der Waals surface area contributed by atoms with Gasteiger partial charge in [-0.25, -0.2) is 0 Å². The Kier molecular flexibility index (Phi) is 4.64. The lowest BCUT2D eigenvalue weighted by Gasteiger charge is -2.37. The monoisotopic (exact) mass is 367 g/mol. The van der Waals surface area contributed by atoms with Crippen molar-refractivity contribution in [1.29, 1.82) is 0 Å². The van der Waals surface area contributed by atoms with Gasteiger partial charge < -0.3 is 5.32 Å². The number of tetrazole rings is 1. The third kappa shape index (κ3) is 3.19. The zero-order chi connectivity index (χ0) is 18.0. The van der Waals surface area contributed by atoms with E-state index in [0.717, 1.165) is 53.5 Å². The summed E-state index contributed by atoms with van der Waals surface area (Å²) in [6, 6.07) is 16.2. The average Bonchev–Trinajstić information content (AvgIpc) is 3.16. The van der Waals surface area contributed by atoms with E-state index in [-0.39, 0.29) is 5.54 Å². The van der Waals surface area contributed by atoms with Gasteiger partial charge in [0.25, 0.3) is 0 Å². The summed E-state index contributed by atoms with van der Waals surface area (Å²) in [7, 11) is 0. The Labute approximate surface area is 158 Å². The summed E-state index contributed by atoms with van der Waals surface area (Å²) in [5.41, 5.74) is 2.74. The van der Waals surface area contributed by atoms with Crippen molar-refractivity contribution in [3.63, 3.8) is 0 Å². The maximum absolute atomic E-state index is 6.34. The number of para-hydroxylation sites is 1. The quantitative estimate of drug-likeness (QED) is 0.712. The number of aryl methyl sites for hydroxylation is 1. The van der Waals surface area contributed by atoms with Crippen LogP contribution >= 0.6 is 11.6 Å². The van der Waals surface area contributed by atoms with E-state index in [1.165, 1.54) is 6.42 Å². The lowest BCUT2D eigenvalue weighted by molar-refractivity contribution is 0.309. The molecule has 0 amide bonds. The molecule has 1 aliphatic rings. The van der Waals surface area contributed by atoms with Crippen LogP contribution in [0.5, 0.6) is 0 Å². The van der Waals surface area contributed by atoms with Crippen LogP contribution in [0, 0.1) is 6.92 Å². The minimum absolute atomic E-state index is 0.277. The molecule has 2 aromatic carbocycles. The molecule has 3 aromatic rings. The number of rotatable bonds is 4. The van der Waals surface area contributed by atoms with Crippen molar-refractivity contribution >= 4 is 17.3 Å². The number of nitrogens with one attached hydrogen (secondary N) is 1. The first-order valence-electron chi connectivity index (χ1n) is 9.07. The molecule has 6 heteroatoms. The number of nitrogens with zero attached hydrogens (tertiary/aromatic N) is 4. The van der Waals surface area contributed by atoms with Crippen molar-refractivity contribution in [2.24, 2.45) is 0 Å². The fourth-order valence-corrected chi connectivity index (χ4v) is 3.91. The molecule has 1 heterocycles. The molecule has 26 heavy (non-hydrogen) atoms. The molecule has 0 aliphatic heterocycles. The second kappa shape index (κ2) is 7.08. The predicted molar refractivity (Wildman–Crippen MR) is 104 cm³/mol. The second-order valence-electron chi connectivity index (χ2n) is 6.98. The van der Waals surface area contributed by atoms with Crippen LogP contribution in [0.1, 0.15) is 43.5 Å². The molecule has 134 valence electrons. The van der Waals surface area contributed by atoms with Gasteiger partial charge in [0.1, 0.15) is 0 Å². The van der Waals surface area contributed by atoms with E-state index in [0.29, 0.717) is 0 Å². The average molecular weight is 368 g/mol. The highest BCUT2D eigenvalue weighted by atomic mass is 35.5. The zero-order valence-electron chi connectivity index (χ0n) is 14.8. The molecule has 1 N–H and O–H groups in total. The highest BCUT2D eigenvalue weighted by molar-refractivity contribution is 6.31. The van der Waals surface area contributed by atoms with Crippen LogP contribution in [0.25, 0.3) is 5.69 Å². The Morgan fingerprint density at radius 1 is 1.04 bits per heavy atom. The van der Waals surface area contributed by atoms with Gasteiger partial charge in [-0.15, -0.1) is 5.10 Å². The Hall–Kier alpha value is -2.40. The third-order valence-electron chi connectivity index (χ3n) is 5.16. The zero-order valence-corrected chi connectivity index (χ0v) is 15.6. The normalized spacial score (nSPS) is 16.4. The molecule has 0 radical (unpaired) electrons. The molecule has 0 spiro atoms. The first kappa shape index (κ1) is 17.0. The fourth-order valence-electron chi connectivity index (χ4n) is 3.73. The standard InChI is InChI=1S/C20H22ClN5/c1-15-10-11-17(14-18(15)21)26-19(23-24-25-26)20(12-6-3-7-13-20)22-16-8-4-2-5-9-16/h2,4-5,8-11,14,22H,3,6-7,12-13H2,1H3. The van der Waals surface area contributed by atoms with Gasteiger partial charge in [0.2, 0.25) is 0 Å². The molecule has 0 unspecified atom stereocenters. The summed E-state index contributed by atoms with van der Waals surface area (Å²) in [5, 5.41) is 17.2.